The van der Waals surface area contributed by atoms with Crippen LogP contribution in [0.3, 0.4) is 0 Å². The van der Waals surface area contributed by atoms with Gasteiger partial charge in [-0.2, -0.15) is 5.26 Å². The van der Waals surface area contributed by atoms with Crippen LogP contribution in [0, 0.1) is 11.3 Å². The van der Waals surface area contributed by atoms with E-state index in [-0.39, 0.29) is 5.91 Å². The summed E-state index contributed by atoms with van der Waals surface area (Å²) in [7, 11) is 0. The summed E-state index contributed by atoms with van der Waals surface area (Å²) in [5.41, 5.74) is 7.81. The van der Waals surface area contributed by atoms with Crippen molar-refractivity contribution in [2.75, 3.05) is 5.32 Å². The molecule has 0 bridgehead atoms. The molecule has 0 unspecified atom stereocenters. The average Bonchev–Trinajstić information content (AvgIpc) is 2.48. The smallest absolute Gasteiger partial charge is 0.241 e. The van der Waals surface area contributed by atoms with E-state index in [1.54, 1.807) is 24.3 Å². The van der Waals surface area contributed by atoms with Crippen LogP contribution in [0.15, 0.2) is 54.6 Å². The molecule has 2 aromatic carbocycles. The van der Waals surface area contributed by atoms with Gasteiger partial charge >= 0.3 is 0 Å². The van der Waals surface area contributed by atoms with E-state index in [1.807, 2.05) is 36.4 Å². The van der Waals surface area contributed by atoms with Crippen molar-refractivity contribution in [2.24, 2.45) is 5.73 Å². The van der Waals surface area contributed by atoms with Crippen LogP contribution in [-0.4, -0.2) is 11.9 Å². The van der Waals surface area contributed by atoms with E-state index < -0.39 is 6.04 Å². The molecule has 4 heteroatoms. The molecule has 4 nitrogen and oxygen atoms in total. The summed E-state index contributed by atoms with van der Waals surface area (Å²) in [6.45, 7) is 0. The van der Waals surface area contributed by atoms with E-state index in [4.69, 9.17) is 11.0 Å². The molecule has 0 radical (unpaired) electrons. The van der Waals surface area contributed by atoms with Gasteiger partial charge in [-0.1, -0.05) is 42.5 Å². The van der Waals surface area contributed by atoms with E-state index in [2.05, 4.69) is 5.32 Å². The van der Waals surface area contributed by atoms with Gasteiger partial charge in [0.25, 0.3) is 0 Å². The number of anilines is 1. The van der Waals surface area contributed by atoms with Crippen molar-refractivity contribution in [2.45, 2.75) is 12.5 Å². The summed E-state index contributed by atoms with van der Waals surface area (Å²) in [6.07, 6.45) is 0.460. The zero-order valence-electron chi connectivity index (χ0n) is 10.9. The molecule has 0 aliphatic heterocycles. The monoisotopic (exact) mass is 265 g/mol. The lowest BCUT2D eigenvalue weighted by molar-refractivity contribution is -0.117. The number of nitriles is 1. The van der Waals surface area contributed by atoms with Crippen molar-refractivity contribution in [3.63, 3.8) is 0 Å². The van der Waals surface area contributed by atoms with Gasteiger partial charge in [-0.15, -0.1) is 0 Å². The molecule has 0 heterocycles. The molecule has 20 heavy (non-hydrogen) atoms. The lowest BCUT2D eigenvalue weighted by Crippen LogP contribution is -2.37. The zero-order valence-corrected chi connectivity index (χ0v) is 10.9. The van der Waals surface area contributed by atoms with Gasteiger partial charge < -0.3 is 11.1 Å². The predicted octanol–water partition coefficient (Wildman–Crippen LogP) is 2.07. The molecule has 2 rings (SSSR count). The molecule has 0 aromatic heterocycles. The zero-order chi connectivity index (χ0) is 14.4. The first-order chi connectivity index (χ1) is 9.70. The first-order valence-corrected chi connectivity index (χ1v) is 6.30. The number of amides is 1. The maximum Gasteiger partial charge on any atom is 0.241 e. The number of hydrogen-bond donors (Lipinski definition) is 2. The minimum absolute atomic E-state index is 0.295. The number of carbonyl (C=O) groups excluding carboxylic acids is 1. The highest BCUT2D eigenvalue weighted by molar-refractivity contribution is 5.95. The van der Waals surface area contributed by atoms with E-state index in [0.717, 1.165) is 5.56 Å². The van der Waals surface area contributed by atoms with Gasteiger partial charge in [0.05, 0.1) is 17.3 Å². The highest BCUT2D eigenvalue weighted by atomic mass is 16.2. The summed E-state index contributed by atoms with van der Waals surface area (Å²) in [5, 5.41) is 11.7. The number of para-hydroxylation sites is 1. The Morgan fingerprint density at radius 1 is 1.15 bits per heavy atom. The maximum absolute atomic E-state index is 12.0. The second-order valence-corrected chi connectivity index (χ2v) is 4.44. The van der Waals surface area contributed by atoms with Crippen LogP contribution in [0.4, 0.5) is 5.69 Å². The number of benzene rings is 2. The molecule has 0 fully saturated rings. The molecule has 0 saturated heterocycles. The predicted molar refractivity (Wildman–Crippen MR) is 77.9 cm³/mol. The molecule has 3 N–H and O–H groups in total. The van der Waals surface area contributed by atoms with E-state index in [1.165, 1.54) is 0 Å². The van der Waals surface area contributed by atoms with Crippen LogP contribution < -0.4 is 11.1 Å². The second kappa shape index (κ2) is 6.50. The summed E-state index contributed by atoms with van der Waals surface area (Å²) >= 11 is 0. The number of nitrogens with one attached hydrogen (secondary N) is 1. The number of nitrogens with zero attached hydrogens (tertiary/aromatic N) is 1. The Labute approximate surface area is 117 Å². The molecule has 100 valence electrons. The van der Waals surface area contributed by atoms with Crippen molar-refractivity contribution < 1.29 is 4.79 Å². The Balaban J connectivity index is 2.03. The van der Waals surface area contributed by atoms with E-state index in [9.17, 15) is 4.79 Å². The molecular formula is C16H15N3O. The van der Waals surface area contributed by atoms with Crippen LogP contribution in [0.25, 0.3) is 0 Å². The molecule has 0 aliphatic carbocycles. The van der Waals surface area contributed by atoms with Gasteiger partial charge in [-0.3, -0.25) is 4.79 Å². The van der Waals surface area contributed by atoms with Gasteiger partial charge in [-0.05, 0) is 24.1 Å². The number of nitrogens with two attached hydrogens (primary N) is 1. The quantitative estimate of drug-likeness (QED) is 0.888. The Morgan fingerprint density at radius 2 is 1.80 bits per heavy atom. The first kappa shape index (κ1) is 13.8. The molecule has 0 aliphatic rings. The third kappa shape index (κ3) is 3.44. The SMILES string of the molecule is N#Cc1ccccc1NC(=O)[C@@H](N)Cc1ccccc1. The fourth-order valence-corrected chi connectivity index (χ4v) is 1.88. The van der Waals surface area contributed by atoms with Crippen molar-refractivity contribution >= 4 is 11.6 Å². The summed E-state index contributed by atoms with van der Waals surface area (Å²) in [4.78, 5) is 12.0. The van der Waals surface area contributed by atoms with Gasteiger partial charge in [0.15, 0.2) is 0 Å². The second-order valence-electron chi connectivity index (χ2n) is 4.44. The number of carbonyl (C=O) groups is 1. The summed E-state index contributed by atoms with van der Waals surface area (Å²) in [5.74, 6) is -0.295. The highest BCUT2D eigenvalue weighted by Crippen LogP contribution is 2.14. The minimum Gasteiger partial charge on any atom is -0.324 e. The van der Waals surface area contributed by atoms with Gasteiger partial charge in [0, 0.05) is 0 Å². The van der Waals surface area contributed by atoms with E-state index in [0.29, 0.717) is 17.7 Å². The summed E-state index contributed by atoms with van der Waals surface area (Å²) < 4.78 is 0. The van der Waals surface area contributed by atoms with Crippen molar-refractivity contribution in [3.05, 3.63) is 65.7 Å². The largest absolute Gasteiger partial charge is 0.324 e. The van der Waals surface area contributed by atoms with Gasteiger partial charge in [0.2, 0.25) is 5.91 Å². The Kier molecular flexibility index (Phi) is 4.48. The molecule has 2 aromatic rings. The van der Waals surface area contributed by atoms with Crippen LogP contribution in [0.1, 0.15) is 11.1 Å². The third-order valence-electron chi connectivity index (χ3n) is 2.94. The normalized spacial score (nSPS) is 11.4. The van der Waals surface area contributed by atoms with Crippen LogP contribution in [-0.2, 0) is 11.2 Å². The third-order valence-corrected chi connectivity index (χ3v) is 2.94. The Bertz CT molecular complexity index is 632. The van der Waals surface area contributed by atoms with Crippen molar-refractivity contribution in [1.82, 2.24) is 0 Å². The molecular weight excluding hydrogens is 250 g/mol. The average molecular weight is 265 g/mol. The minimum atomic E-state index is -0.649. The van der Waals surface area contributed by atoms with Gasteiger partial charge in [-0.25, -0.2) is 0 Å². The van der Waals surface area contributed by atoms with Crippen LogP contribution >= 0.6 is 0 Å². The van der Waals surface area contributed by atoms with Crippen molar-refractivity contribution in [3.8, 4) is 6.07 Å². The highest BCUT2D eigenvalue weighted by Gasteiger charge is 2.15. The van der Waals surface area contributed by atoms with Crippen LogP contribution in [0.5, 0.6) is 0 Å². The van der Waals surface area contributed by atoms with Crippen LogP contribution in [0.2, 0.25) is 0 Å². The lowest BCUT2D eigenvalue weighted by atomic mass is 10.1. The van der Waals surface area contributed by atoms with E-state index >= 15 is 0 Å². The number of hydrogen-bond acceptors (Lipinski definition) is 3. The van der Waals surface area contributed by atoms with Crippen molar-refractivity contribution in [1.29, 1.82) is 5.26 Å². The molecule has 1 amide bonds. The molecule has 1 atom stereocenters. The molecule has 0 saturated carbocycles. The standard InChI is InChI=1S/C16H15N3O/c17-11-13-8-4-5-9-15(13)19-16(20)14(18)10-12-6-2-1-3-7-12/h1-9,14H,10,18H2,(H,19,20)/t14-/m0/s1. The fourth-order valence-electron chi connectivity index (χ4n) is 1.88. The molecule has 0 spiro atoms. The Hall–Kier alpha value is -2.64. The summed E-state index contributed by atoms with van der Waals surface area (Å²) in [6, 6.07) is 17.8. The Morgan fingerprint density at radius 3 is 2.50 bits per heavy atom. The maximum atomic E-state index is 12.0. The lowest BCUT2D eigenvalue weighted by Gasteiger charge is -2.13. The fraction of sp³-hybridized carbons (Fsp3) is 0.125. The topological polar surface area (TPSA) is 78.9 Å². The first-order valence-electron chi connectivity index (χ1n) is 6.30. The van der Waals surface area contributed by atoms with Gasteiger partial charge in [0.1, 0.15) is 6.07 Å². The number of rotatable bonds is 4.